The van der Waals surface area contributed by atoms with Gasteiger partial charge in [-0.3, -0.25) is 0 Å². The summed E-state index contributed by atoms with van der Waals surface area (Å²) in [5.41, 5.74) is 0.735. The summed E-state index contributed by atoms with van der Waals surface area (Å²) in [5, 5.41) is 13.1. The van der Waals surface area contributed by atoms with Crippen LogP contribution in [-0.4, -0.2) is 27.5 Å². The summed E-state index contributed by atoms with van der Waals surface area (Å²) in [5.74, 6) is -0.788. The van der Waals surface area contributed by atoms with Crippen LogP contribution in [0.3, 0.4) is 0 Å². The van der Waals surface area contributed by atoms with Crippen LogP contribution in [0.4, 0.5) is 0 Å². The number of nitrogens with zero attached hydrogens (tertiary/aromatic N) is 2. The first-order valence-corrected chi connectivity index (χ1v) is 5.73. The Morgan fingerprint density at radius 3 is 2.72 bits per heavy atom. The average Bonchev–Trinajstić information content (AvgIpc) is 2.81. The quantitative estimate of drug-likeness (QED) is 0.879. The minimum Gasteiger partial charge on any atom is -0.489 e. The molecule has 0 saturated heterocycles. The number of carbonyl (C=O) groups is 1. The van der Waals surface area contributed by atoms with E-state index in [1.54, 1.807) is 6.20 Å². The maximum atomic E-state index is 11.1. The first kappa shape index (κ1) is 12.2. The second kappa shape index (κ2) is 5.35. The molecular formula is C13H14N2O3. The number of carboxylic acid groups (broad SMARTS) is 1. The fraction of sp³-hybridized carbons (Fsp3) is 0.231. The van der Waals surface area contributed by atoms with Crippen LogP contribution in [0.5, 0.6) is 5.75 Å². The summed E-state index contributed by atoms with van der Waals surface area (Å²) in [6, 6.07) is 9.32. The molecule has 0 amide bonds. The van der Waals surface area contributed by atoms with Crippen molar-refractivity contribution in [3.05, 3.63) is 42.2 Å². The van der Waals surface area contributed by atoms with Gasteiger partial charge in [-0.2, -0.15) is 5.10 Å². The van der Waals surface area contributed by atoms with Crippen molar-refractivity contribution >= 4 is 5.97 Å². The Morgan fingerprint density at radius 2 is 2.11 bits per heavy atom. The summed E-state index contributed by atoms with van der Waals surface area (Å²) in [4.78, 5) is 11.1. The van der Waals surface area contributed by atoms with Crippen molar-refractivity contribution in [2.75, 3.05) is 6.61 Å². The molecule has 18 heavy (non-hydrogen) atoms. The van der Waals surface area contributed by atoms with Gasteiger partial charge in [0.25, 0.3) is 0 Å². The molecule has 0 atom stereocenters. The first-order valence-electron chi connectivity index (χ1n) is 5.73. The second-order valence-electron chi connectivity index (χ2n) is 3.78. The molecule has 0 aliphatic carbocycles. The van der Waals surface area contributed by atoms with Crippen molar-refractivity contribution in [1.29, 1.82) is 0 Å². The molecule has 1 aromatic carbocycles. The third kappa shape index (κ3) is 2.51. The van der Waals surface area contributed by atoms with E-state index in [4.69, 9.17) is 9.84 Å². The maximum absolute atomic E-state index is 11.1. The lowest BCUT2D eigenvalue weighted by Crippen LogP contribution is -2.03. The van der Waals surface area contributed by atoms with Gasteiger partial charge >= 0.3 is 5.97 Å². The number of benzene rings is 1. The monoisotopic (exact) mass is 246 g/mol. The highest BCUT2D eigenvalue weighted by Gasteiger charge is 2.17. The number of rotatable bonds is 5. The van der Waals surface area contributed by atoms with Gasteiger partial charge in [-0.15, -0.1) is 0 Å². The smallest absolute Gasteiger partial charge is 0.360 e. The molecule has 0 aliphatic rings. The molecule has 2 aromatic rings. The van der Waals surface area contributed by atoms with E-state index >= 15 is 0 Å². The Balaban J connectivity index is 2.36. The van der Waals surface area contributed by atoms with Crippen molar-refractivity contribution in [3.8, 4) is 11.4 Å². The maximum Gasteiger partial charge on any atom is 0.360 e. The fourth-order valence-electron chi connectivity index (χ4n) is 1.54. The molecule has 94 valence electrons. The zero-order chi connectivity index (χ0) is 13.0. The lowest BCUT2D eigenvalue weighted by atomic mass is 10.3. The highest BCUT2D eigenvalue weighted by Crippen LogP contribution is 2.20. The van der Waals surface area contributed by atoms with Crippen LogP contribution >= 0.6 is 0 Å². The van der Waals surface area contributed by atoms with Crippen molar-refractivity contribution in [1.82, 2.24) is 9.78 Å². The fourth-order valence-corrected chi connectivity index (χ4v) is 1.54. The van der Waals surface area contributed by atoms with E-state index in [2.05, 4.69) is 5.10 Å². The third-order valence-electron chi connectivity index (χ3n) is 2.37. The molecule has 1 N–H and O–H groups in total. The molecule has 0 fully saturated rings. The number of para-hydroxylation sites is 1. The standard InChI is InChI=1S/C13H14N2O3/c1-2-8-18-11-9-15(14-12(11)13(16)17)10-6-4-3-5-7-10/h3-7,9H,2,8H2,1H3,(H,16,17). The summed E-state index contributed by atoms with van der Waals surface area (Å²) in [7, 11) is 0. The van der Waals surface area contributed by atoms with E-state index in [9.17, 15) is 4.79 Å². The molecule has 0 spiro atoms. The highest BCUT2D eigenvalue weighted by atomic mass is 16.5. The topological polar surface area (TPSA) is 64.4 Å². The second-order valence-corrected chi connectivity index (χ2v) is 3.78. The van der Waals surface area contributed by atoms with Gasteiger partial charge in [0, 0.05) is 0 Å². The van der Waals surface area contributed by atoms with E-state index in [0.717, 1.165) is 12.1 Å². The summed E-state index contributed by atoms with van der Waals surface area (Å²) in [6.07, 6.45) is 2.41. The van der Waals surface area contributed by atoms with Crippen LogP contribution in [0.15, 0.2) is 36.5 Å². The van der Waals surface area contributed by atoms with Crippen molar-refractivity contribution < 1.29 is 14.6 Å². The first-order chi connectivity index (χ1) is 8.72. The minimum absolute atomic E-state index is 0.0627. The predicted molar refractivity (Wildman–Crippen MR) is 66.3 cm³/mol. The number of ether oxygens (including phenoxy) is 1. The predicted octanol–water partition coefficient (Wildman–Crippen LogP) is 2.36. The largest absolute Gasteiger partial charge is 0.489 e. The van der Waals surface area contributed by atoms with Gasteiger partial charge in [0.2, 0.25) is 5.69 Å². The van der Waals surface area contributed by atoms with Crippen LogP contribution in [0.25, 0.3) is 5.69 Å². The van der Waals surface area contributed by atoms with Crippen LogP contribution in [-0.2, 0) is 0 Å². The highest BCUT2D eigenvalue weighted by molar-refractivity contribution is 5.88. The molecule has 0 bridgehead atoms. The SMILES string of the molecule is CCCOc1cn(-c2ccccc2)nc1C(=O)O. The van der Waals surface area contributed by atoms with Gasteiger partial charge in [-0.25, -0.2) is 9.48 Å². The van der Waals surface area contributed by atoms with Gasteiger partial charge in [0.05, 0.1) is 18.5 Å². The zero-order valence-electron chi connectivity index (χ0n) is 10.0. The summed E-state index contributed by atoms with van der Waals surface area (Å²) in [6.45, 7) is 2.43. The number of hydrogen-bond acceptors (Lipinski definition) is 3. The van der Waals surface area contributed by atoms with Gasteiger partial charge in [-0.05, 0) is 18.6 Å². The molecule has 0 aliphatic heterocycles. The number of carboxylic acids is 1. The van der Waals surface area contributed by atoms with E-state index in [1.165, 1.54) is 4.68 Å². The Kier molecular flexibility index (Phi) is 3.62. The molecule has 5 heteroatoms. The van der Waals surface area contributed by atoms with Crippen LogP contribution in [0.2, 0.25) is 0 Å². The number of aromatic carboxylic acids is 1. The number of aromatic nitrogens is 2. The van der Waals surface area contributed by atoms with Gasteiger partial charge < -0.3 is 9.84 Å². The Bertz CT molecular complexity index is 534. The van der Waals surface area contributed by atoms with Crippen molar-refractivity contribution in [2.24, 2.45) is 0 Å². The van der Waals surface area contributed by atoms with Crippen LogP contribution < -0.4 is 4.74 Å². The molecule has 0 unspecified atom stereocenters. The minimum atomic E-state index is -1.09. The van der Waals surface area contributed by atoms with Gasteiger partial charge in [0.15, 0.2) is 5.75 Å². The van der Waals surface area contributed by atoms with E-state index in [0.29, 0.717) is 12.4 Å². The summed E-state index contributed by atoms with van der Waals surface area (Å²) >= 11 is 0. The molecule has 0 saturated carbocycles. The van der Waals surface area contributed by atoms with Crippen LogP contribution in [0.1, 0.15) is 23.8 Å². The Morgan fingerprint density at radius 1 is 1.39 bits per heavy atom. The van der Waals surface area contributed by atoms with Crippen molar-refractivity contribution in [2.45, 2.75) is 13.3 Å². The normalized spacial score (nSPS) is 10.3. The molecule has 1 heterocycles. The lowest BCUT2D eigenvalue weighted by molar-refractivity contribution is 0.0685. The Hall–Kier alpha value is -2.30. The van der Waals surface area contributed by atoms with Crippen molar-refractivity contribution in [3.63, 3.8) is 0 Å². The number of hydrogen-bond donors (Lipinski definition) is 1. The van der Waals surface area contributed by atoms with E-state index in [1.807, 2.05) is 37.3 Å². The van der Waals surface area contributed by atoms with E-state index in [-0.39, 0.29) is 5.69 Å². The van der Waals surface area contributed by atoms with E-state index < -0.39 is 5.97 Å². The van der Waals surface area contributed by atoms with Crippen LogP contribution in [0, 0.1) is 0 Å². The molecule has 0 radical (unpaired) electrons. The summed E-state index contributed by atoms with van der Waals surface area (Å²) < 4.78 is 6.89. The lowest BCUT2D eigenvalue weighted by Gasteiger charge is -2.00. The average molecular weight is 246 g/mol. The Labute approximate surface area is 105 Å². The third-order valence-corrected chi connectivity index (χ3v) is 2.37. The van der Waals surface area contributed by atoms with Gasteiger partial charge in [0.1, 0.15) is 0 Å². The zero-order valence-corrected chi connectivity index (χ0v) is 10.0. The molecule has 2 rings (SSSR count). The molecule has 1 aromatic heterocycles. The van der Waals surface area contributed by atoms with Gasteiger partial charge in [-0.1, -0.05) is 25.1 Å². The molecular weight excluding hydrogens is 232 g/mol. The molecule has 5 nitrogen and oxygen atoms in total.